The van der Waals surface area contributed by atoms with Gasteiger partial charge in [-0.3, -0.25) is 0 Å². The fourth-order valence-corrected chi connectivity index (χ4v) is 4.65. The van der Waals surface area contributed by atoms with Gasteiger partial charge in [0.25, 0.3) is 6.48 Å². The number of aromatic nitrogens is 4. The van der Waals surface area contributed by atoms with Gasteiger partial charge in [-0.25, -0.2) is 15.0 Å². The van der Waals surface area contributed by atoms with Crippen LogP contribution in [0.2, 0.25) is 5.15 Å². The lowest BCUT2D eigenvalue weighted by atomic mass is 9.50. The van der Waals surface area contributed by atoms with E-state index in [-0.39, 0.29) is 0 Å². The van der Waals surface area contributed by atoms with Crippen LogP contribution in [0.25, 0.3) is 11.2 Å². The van der Waals surface area contributed by atoms with Crippen LogP contribution in [-0.4, -0.2) is 45.8 Å². The molecule has 1 spiro atoms. The van der Waals surface area contributed by atoms with E-state index in [1.54, 1.807) is 0 Å². The van der Waals surface area contributed by atoms with Crippen molar-refractivity contribution in [2.24, 2.45) is 11.3 Å². The summed E-state index contributed by atoms with van der Waals surface area (Å²) in [4.78, 5) is 12.7. The minimum atomic E-state index is -0.530. The van der Waals surface area contributed by atoms with Crippen LogP contribution in [0.5, 0.6) is 0 Å². The van der Waals surface area contributed by atoms with Crippen LogP contribution in [0.1, 0.15) is 45.6 Å². The van der Waals surface area contributed by atoms with Gasteiger partial charge in [0.1, 0.15) is 11.8 Å². The third kappa shape index (κ3) is 3.33. The first-order chi connectivity index (χ1) is 12.6. The highest BCUT2D eigenvalue weighted by molar-refractivity contribution is 6.33. The Bertz CT molecular complexity index is 748. The fraction of sp³-hybridized carbons (Fsp3) is 0.722. The highest BCUT2D eigenvalue weighted by Crippen LogP contribution is 2.63. The summed E-state index contributed by atoms with van der Waals surface area (Å²) < 4.78 is 18.8. The third-order valence-corrected chi connectivity index (χ3v) is 5.84. The van der Waals surface area contributed by atoms with Crippen molar-refractivity contribution >= 4 is 22.8 Å². The molecule has 2 saturated carbocycles. The number of fused-ring (bicyclic) bond motifs is 1. The van der Waals surface area contributed by atoms with Gasteiger partial charge >= 0.3 is 0 Å². The second kappa shape index (κ2) is 7.38. The van der Waals surface area contributed by atoms with Crippen molar-refractivity contribution in [2.45, 2.75) is 52.0 Å². The summed E-state index contributed by atoms with van der Waals surface area (Å²) in [6, 6.07) is 0.451. The average Bonchev–Trinajstić information content (AvgIpc) is 2.97. The van der Waals surface area contributed by atoms with Crippen molar-refractivity contribution < 1.29 is 14.2 Å². The van der Waals surface area contributed by atoms with E-state index in [0.29, 0.717) is 47.9 Å². The van der Waals surface area contributed by atoms with Crippen molar-refractivity contribution in [2.75, 3.05) is 19.8 Å². The highest BCUT2D eigenvalue weighted by Gasteiger charge is 2.53. The molecule has 26 heavy (non-hydrogen) atoms. The molecule has 0 aliphatic heterocycles. The zero-order chi connectivity index (χ0) is 18.1. The molecule has 2 heterocycles. The zero-order valence-corrected chi connectivity index (χ0v) is 16.0. The van der Waals surface area contributed by atoms with Crippen LogP contribution in [0, 0.1) is 11.3 Å². The summed E-state index contributed by atoms with van der Waals surface area (Å²) >= 11 is 6.09. The number of halogens is 1. The number of hydrogen-bond donors (Lipinski definition) is 0. The number of ether oxygens (including phenoxy) is 3. The monoisotopic (exact) mass is 380 g/mol. The predicted molar refractivity (Wildman–Crippen MR) is 96.8 cm³/mol. The molecular formula is C18H25ClN4O3. The van der Waals surface area contributed by atoms with Crippen molar-refractivity contribution in [3.63, 3.8) is 0 Å². The highest BCUT2D eigenvalue weighted by atomic mass is 35.5. The Morgan fingerprint density at radius 2 is 1.85 bits per heavy atom. The molecule has 4 rings (SSSR count). The summed E-state index contributed by atoms with van der Waals surface area (Å²) in [5, 5.41) is 0.418. The molecule has 0 unspecified atom stereocenters. The summed E-state index contributed by atoms with van der Waals surface area (Å²) in [7, 11) is 0. The Morgan fingerprint density at radius 3 is 2.54 bits per heavy atom. The molecule has 8 heteroatoms. The lowest BCUT2D eigenvalue weighted by molar-refractivity contribution is -0.294. The van der Waals surface area contributed by atoms with Gasteiger partial charge in [-0.15, -0.1) is 0 Å². The SMILES string of the molecule is CCOC(OCC)OCC1CC2(C1)CC(n1cnc3c(Cl)ncnc31)C2. The van der Waals surface area contributed by atoms with E-state index in [9.17, 15) is 0 Å². The molecule has 0 atom stereocenters. The standard InChI is InChI=1S/C18H25ClN4O3/c1-3-24-17(25-4-2)26-9-12-5-18(6-12)7-13(8-18)23-11-22-14-15(19)20-10-21-16(14)23/h10-13,17H,3-9H2,1-2H3. The molecule has 0 bridgehead atoms. The number of imidazole rings is 1. The van der Waals surface area contributed by atoms with Gasteiger partial charge in [0.15, 0.2) is 10.8 Å². The lowest BCUT2D eigenvalue weighted by Gasteiger charge is -2.58. The van der Waals surface area contributed by atoms with E-state index in [2.05, 4.69) is 19.5 Å². The zero-order valence-electron chi connectivity index (χ0n) is 15.2. The maximum absolute atomic E-state index is 6.09. The largest absolute Gasteiger partial charge is 0.330 e. The molecule has 2 aromatic rings. The van der Waals surface area contributed by atoms with E-state index >= 15 is 0 Å². The molecule has 2 aliphatic rings. The van der Waals surface area contributed by atoms with E-state index in [1.807, 2.05) is 20.2 Å². The summed E-state index contributed by atoms with van der Waals surface area (Å²) in [5.74, 6) is 0.593. The van der Waals surface area contributed by atoms with Crippen LogP contribution >= 0.6 is 11.6 Å². The van der Waals surface area contributed by atoms with Gasteiger partial charge in [0.2, 0.25) is 0 Å². The van der Waals surface area contributed by atoms with Crippen molar-refractivity contribution in [3.05, 3.63) is 17.8 Å². The molecular weight excluding hydrogens is 356 g/mol. The van der Waals surface area contributed by atoms with E-state index in [4.69, 9.17) is 25.8 Å². The van der Waals surface area contributed by atoms with Crippen molar-refractivity contribution in [3.8, 4) is 0 Å². The van der Waals surface area contributed by atoms with Crippen LogP contribution in [0.3, 0.4) is 0 Å². The molecule has 2 aliphatic carbocycles. The number of nitrogens with zero attached hydrogens (tertiary/aromatic N) is 4. The number of hydrogen-bond acceptors (Lipinski definition) is 6. The molecule has 142 valence electrons. The summed E-state index contributed by atoms with van der Waals surface area (Å²) in [5.41, 5.74) is 1.98. The Balaban J connectivity index is 1.27. The maximum Gasteiger partial charge on any atom is 0.271 e. The van der Waals surface area contributed by atoms with Gasteiger partial charge in [-0.05, 0) is 50.9 Å². The quantitative estimate of drug-likeness (QED) is 0.515. The average molecular weight is 381 g/mol. The van der Waals surface area contributed by atoms with Crippen molar-refractivity contribution in [1.29, 1.82) is 0 Å². The molecule has 0 N–H and O–H groups in total. The number of rotatable bonds is 8. The van der Waals surface area contributed by atoms with Gasteiger partial charge < -0.3 is 18.8 Å². The molecule has 0 radical (unpaired) electrons. The Morgan fingerprint density at radius 1 is 1.12 bits per heavy atom. The first kappa shape index (κ1) is 18.1. The second-order valence-corrected chi connectivity index (χ2v) is 7.72. The summed E-state index contributed by atoms with van der Waals surface area (Å²) in [6.07, 6.45) is 8.08. The Labute approximate surface area is 158 Å². The first-order valence-corrected chi connectivity index (χ1v) is 9.70. The van der Waals surface area contributed by atoms with Crippen LogP contribution in [0.4, 0.5) is 0 Å². The molecule has 0 amide bonds. The van der Waals surface area contributed by atoms with Crippen LogP contribution in [0.15, 0.2) is 12.7 Å². The summed E-state index contributed by atoms with van der Waals surface area (Å²) in [6.45, 7) is 5.24. The Kier molecular flexibility index (Phi) is 5.14. The molecule has 2 fully saturated rings. The van der Waals surface area contributed by atoms with E-state index in [1.165, 1.54) is 19.2 Å². The Hall–Kier alpha value is -1.28. The third-order valence-electron chi connectivity index (χ3n) is 5.56. The molecule has 2 aromatic heterocycles. The predicted octanol–water partition coefficient (Wildman–Crippen LogP) is 3.58. The van der Waals surface area contributed by atoms with Gasteiger partial charge in [0.05, 0.1) is 12.9 Å². The van der Waals surface area contributed by atoms with Gasteiger partial charge in [-0.2, -0.15) is 0 Å². The molecule has 7 nitrogen and oxygen atoms in total. The smallest absolute Gasteiger partial charge is 0.271 e. The maximum atomic E-state index is 6.09. The minimum absolute atomic E-state index is 0.418. The lowest BCUT2D eigenvalue weighted by Crippen LogP contribution is -2.49. The van der Waals surface area contributed by atoms with Gasteiger partial charge in [0, 0.05) is 19.3 Å². The fourth-order valence-electron chi connectivity index (χ4n) is 4.47. The van der Waals surface area contributed by atoms with Crippen LogP contribution in [-0.2, 0) is 14.2 Å². The first-order valence-electron chi connectivity index (χ1n) is 9.32. The molecule has 0 saturated heterocycles. The normalized spacial score (nSPS) is 27.8. The van der Waals surface area contributed by atoms with E-state index < -0.39 is 6.48 Å². The second-order valence-electron chi connectivity index (χ2n) is 7.36. The van der Waals surface area contributed by atoms with E-state index in [0.717, 1.165) is 18.5 Å². The van der Waals surface area contributed by atoms with Gasteiger partial charge in [-0.1, -0.05) is 11.6 Å². The van der Waals surface area contributed by atoms with Crippen LogP contribution < -0.4 is 0 Å². The minimum Gasteiger partial charge on any atom is -0.330 e. The topological polar surface area (TPSA) is 71.3 Å². The molecule has 0 aromatic carbocycles. The van der Waals surface area contributed by atoms with Crippen molar-refractivity contribution in [1.82, 2.24) is 19.5 Å².